The fourth-order valence-corrected chi connectivity index (χ4v) is 5.57. The molecule has 0 saturated heterocycles. The minimum atomic E-state index is -6.37. The summed E-state index contributed by atoms with van der Waals surface area (Å²) in [6.07, 6.45) is -25.1. The summed E-state index contributed by atoms with van der Waals surface area (Å²) in [6.45, 7) is 3.99. The Bertz CT molecular complexity index is 665. The third kappa shape index (κ3) is 5.05. The fourth-order valence-electron chi connectivity index (χ4n) is 3.00. The van der Waals surface area contributed by atoms with Crippen molar-refractivity contribution in [1.29, 1.82) is 0 Å². The van der Waals surface area contributed by atoms with Crippen LogP contribution in [0.1, 0.15) is 20.8 Å². The number of hydrogen-bond acceptors (Lipinski definition) is 1. The summed E-state index contributed by atoms with van der Waals surface area (Å²) in [5, 5.41) is 0. The second kappa shape index (κ2) is 7.73. The van der Waals surface area contributed by atoms with Gasteiger partial charge in [0.15, 0.2) is 5.92 Å². The summed E-state index contributed by atoms with van der Waals surface area (Å²) >= 11 is 0. The maximum Gasteiger partial charge on any atom is 0.420 e. The molecule has 1 radical (unpaired) electrons. The number of rotatable bonds is 5. The minimum absolute atomic E-state index is 0.123. The van der Waals surface area contributed by atoms with Crippen molar-refractivity contribution in [2.24, 2.45) is 0 Å². The Morgan fingerprint density at radius 2 is 0.897 bits per heavy atom. The van der Waals surface area contributed by atoms with Crippen LogP contribution >= 0.6 is 0 Å². The van der Waals surface area contributed by atoms with E-state index in [4.69, 9.17) is 4.43 Å². The monoisotopic (exact) mass is 467 g/mol. The Morgan fingerprint density at radius 1 is 0.552 bits per heavy atom. The van der Waals surface area contributed by atoms with E-state index in [0.29, 0.717) is 0 Å². The fraction of sp³-hybridized carbons (Fsp3) is 0.667. The summed E-state index contributed by atoms with van der Waals surface area (Å²) in [5.41, 5.74) is -9.98. The molecular formula is C15H15F12OSi. The molecular weight excluding hydrogens is 452 g/mol. The lowest BCUT2D eigenvalue weighted by molar-refractivity contribution is -0.139. The first kappa shape index (κ1) is 25.7. The quantitative estimate of drug-likeness (QED) is 0.303. The lowest BCUT2D eigenvalue weighted by Crippen LogP contribution is -2.39. The molecule has 14 heteroatoms. The van der Waals surface area contributed by atoms with Crippen molar-refractivity contribution in [1.82, 2.24) is 0 Å². The average Bonchev–Trinajstić information content (AvgIpc) is 2.88. The molecule has 0 spiro atoms. The Hall–Kier alpha value is -1.34. The van der Waals surface area contributed by atoms with E-state index in [-0.39, 0.29) is 18.1 Å². The molecule has 0 aliphatic heterocycles. The van der Waals surface area contributed by atoms with Gasteiger partial charge in [-0.15, -0.1) is 0 Å². The molecule has 0 saturated carbocycles. The molecule has 29 heavy (non-hydrogen) atoms. The van der Waals surface area contributed by atoms with Crippen molar-refractivity contribution >= 4 is 8.32 Å². The lowest BCUT2D eigenvalue weighted by Gasteiger charge is -2.33. The molecule has 0 amide bonds. The highest BCUT2D eigenvalue weighted by Crippen LogP contribution is 2.60. The van der Waals surface area contributed by atoms with Crippen LogP contribution in [0.3, 0.4) is 0 Å². The summed E-state index contributed by atoms with van der Waals surface area (Å²) in [6, 6.07) is -0.368. The largest absolute Gasteiger partial charge is 0.545 e. The topological polar surface area (TPSA) is 9.23 Å². The molecule has 1 nitrogen and oxygen atoms in total. The highest BCUT2D eigenvalue weighted by atomic mass is 28.4. The van der Waals surface area contributed by atoms with Crippen LogP contribution in [0, 0.1) is 5.92 Å². The first-order valence-corrected chi connectivity index (χ1v) is 10.6. The van der Waals surface area contributed by atoms with E-state index in [9.17, 15) is 52.7 Å². The SMILES string of the molecule is CC[Si](CC)(CC)OC1=C(C(F)(F)F)C(C(F)(F)F)=C(C(F)(F)F)[C]1C(F)(F)F. The van der Waals surface area contributed by atoms with E-state index in [1.165, 1.54) is 20.8 Å². The zero-order valence-corrected chi connectivity index (χ0v) is 16.1. The predicted octanol–water partition coefficient (Wildman–Crippen LogP) is 7.40. The zero-order valence-electron chi connectivity index (χ0n) is 15.1. The maximum absolute atomic E-state index is 13.4. The Balaban J connectivity index is 4.07. The molecule has 0 unspecified atom stereocenters. The number of alkyl halides is 12. The number of halogens is 12. The summed E-state index contributed by atoms with van der Waals surface area (Å²) in [4.78, 5) is 0. The van der Waals surface area contributed by atoms with Crippen LogP contribution in [-0.4, -0.2) is 33.0 Å². The van der Waals surface area contributed by atoms with Gasteiger partial charge in [0, 0.05) is 0 Å². The first-order chi connectivity index (χ1) is 12.8. The van der Waals surface area contributed by atoms with E-state index >= 15 is 0 Å². The van der Waals surface area contributed by atoms with Crippen LogP contribution in [0.4, 0.5) is 52.7 Å². The van der Waals surface area contributed by atoms with E-state index in [1.54, 1.807) is 0 Å². The molecule has 1 aliphatic carbocycles. The van der Waals surface area contributed by atoms with Crippen LogP contribution in [0.5, 0.6) is 0 Å². The normalized spacial score (nSPS) is 18.2. The molecule has 1 rings (SSSR count). The van der Waals surface area contributed by atoms with Gasteiger partial charge in [-0.1, -0.05) is 20.8 Å². The van der Waals surface area contributed by atoms with Crippen molar-refractivity contribution in [3.8, 4) is 0 Å². The van der Waals surface area contributed by atoms with Crippen molar-refractivity contribution in [3.63, 3.8) is 0 Å². The van der Waals surface area contributed by atoms with Crippen molar-refractivity contribution in [2.75, 3.05) is 0 Å². The molecule has 0 bridgehead atoms. The molecule has 0 aromatic rings. The zero-order chi connectivity index (χ0) is 23.2. The van der Waals surface area contributed by atoms with Crippen molar-refractivity contribution in [2.45, 2.75) is 63.6 Å². The predicted molar refractivity (Wildman–Crippen MR) is 79.8 cm³/mol. The summed E-state index contributed by atoms with van der Waals surface area (Å²) < 4.78 is 165. The molecule has 0 N–H and O–H groups in total. The second-order valence-electron chi connectivity index (χ2n) is 6.17. The molecule has 169 valence electrons. The number of hydrogen-bond donors (Lipinski definition) is 0. The maximum atomic E-state index is 13.4. The summed E-state index contributed by atoms with van der Waals surface area (Å²) in [5.74, 6) is -5.54. The van der Waals surface area contributed by atoms with E-state index in [2.05, 4.69) is 0 Å². The van der Waals surface area contributed by atoms with Gasteiger partial charge >= 0.3 is 24.7 Å². The first-order valence-electron chi connectivity index (χ1n) is 8.11. The number of allylic oxidation sites excluding steroid dienone is 3. The van der Waals surface area contributed by atoms with Gasteiger partial charge in [-0.2, -0.15) is 52.7 Å². The van der Waals surface area contributed by atoms with Crippen LogP contribution < -0.4 is 0 Å². The van der Waals surface area contributed by atoms with Crippen LogP contribution in [0.15, 0.2) is 22.5 Å². The highest BCUT2D eigenvalue weighted by molar-refractivity contribution is 6.73. The average molecular weight is 467 g/mol. The van der Waals surface area contributed by atoms with Gasteiger partial charge < -0.3 is 4.43 Å². The van der Waals surface area contributed by atoms with Gasteiger partial charge in [-0.05, 0) is 18.1 Å². The molecule has 1 aliphatic rings. The molecule has 0 fully saturated rings. The van der Waals surface area contributed by atoms with Crippen molar-refractivity contribution < 1.29 is 57.1 Å². The van der Waals surface area contributed by atoms with Gasteiger partial charge in [0.1, 0.15) is 11.3 Å². The van der Waals surface area contributed by atoms with Crippen LogP contribution in [-0.2, 0) is 4.43 Å². The minimum Gasteiger partial charge on any atom is -0.545 e. The molecule has 0 atom stereocenters. The van der Waals surface area contributed by atoms with E-state index < -0.39 is 61.4 Å². The van der Waals surface area contributed by atoms with Gasteiger partial charge in [0.05, 0.1) is 11.1 Å². The van der Waals surface area contributed by atoms with Crippen LogP contribution in [0.25, 0.3) is 0 Å². The van der Waals surface area contributed by atoms with Gasteiger partial charge in [0.25, 0.3) is 0 Å². The second-order valence-corrected chi connectivity index (χ2v) is 10.9. The lowest BCUT2D eigenvalue weighted by atomic mass is 9.97. The molecule has 0 aromatic heterocycles. The van der Waals surface area contributed by atoms with Gasteiger partial charge in [-0.3, -0.25) is 0 Å². The summed E-state index contributed by atoms with van der Waals surface area (Å²) in [7, 11) is -3.54. The van der Waals surface area contributed by atoms with E-state index in [1.807, 2.05) is 0 Å². The van der Waals surface area contributed by atoms with Crippen LogP contribution in [0.2, 0.25) is 18.1 Å². The van der Waals surface area contributed by atoms with Gasteiger partial charge in [-0.25, -0.2) is 0 Å². The Morgan fingerprint density at radius 3 is 1.14 bits per heavy atom. The molecule has 0 heterocycles. The van der Waals surface area contributed by atoms with E-state index in [0.717, 1.165) is 0 Å². The standard InChI is InChI=1S/C15H15F12OSi/c1-4-29(5-2,6-3)28-11-9(14(22,23)24)7(12(16,17)18)8(13(19,20)21)10(11)15(25,26)27/h4-6H2,1-3H3. The third-order valence-corrected chi connectivity index (χ3v) is 9.09. The third-order valence-electron chi connectivity index (χ3n) is 4.59. The molecule has 0 aromatic carbocycles. The smallest absolute Gasteiger partial charge is 0.420 e. The highest BCUT2D eigenvalue weighted by Gasteiger charge is 2.68. The Kier molecular flexibility index (Phi) is 6.85. The Labute approximate surface area is 158 Å². The van der Waals surface area contributed by atoms with Gasteiger partial charge in [0.2, 0.25) is 8.32 Å². The van der Waals surface area contributed by atoms with Crippen molar-refractivity contribution in [3.05, 3.63) is 28.4 Å².